The van der Waals surface area contributed by atoms with E-state index >= 15 is 0 Å². The summed E-state index contributed by atoms with van der Waals surface area (Å²) in [4.78, 5) is 29.0. The molecule has 140 valence electrons. The molecule has 4 rings (SSSR count). The lowest BCUT2D eigenvalue weighted by Crippen LogP contribution is -2.53. The normalized spacial score (nSPS) is 24.0. The molecule has 1 saturated heterocycles. The van der Waals surface area contributed by atoms with Crippen LogP contribution in [0.3, 0.4) is 0 Å². The average Bonchev–Trinajstić information content (AvgIpc) is 3.26. The van der Waals surface area contributed by atoms with Crippen molar-refractivity contribution in [2.24, 2.45) is 0 Å². The van der Waals surface area contributed by atoms with Crippen molar-refractivity contribution < 1.29 is 14.3 Å². The van der Waals surface area contributed by atoms with Gasteiger partial charge in [-0.3, -0.25) is 9.59 Å². The van der Waals surface area contributed by atoms with Crippen LogP contribution >= 0.6 is 11.6 Å². The highest BCUT2D eigenvalue weighted by atomic mass is 35.5. The van der Waals surface area contributed by atoms with Crippen LogP contribution in [0.25, 0.3) is 0 Å². The summed E-state index contributed by atoms with van der Waals surface area (Å²) in [5.74, 6) is -0.573. The van der Waals surface area contributed by atoms with E-state index in [9.17, 15) is 9.59 Å². The maximum atomic E-state index is 13.9. The lowest BCUT2D eigenvalue weighted by atomic mass is 9.74. The van der Waals surface area contributed by atoms with Crippen molar-refractivity contribution in [3.05, 3.63) is 64.7 Å². The number of nitrogens with zero attached hydrogens (tertiary/aromatic N) is 1. The maximum Gasteiger partial charge on any atom is 0.249 e. The monoisotopic (exact) mass is 384 g/mol. The molecule has 6 heteroatoms. The highest BCUT2D eigenvalue weighted by molar-refractivity contribution is 6.36. The summed E-state index contributed by atoms with van der Waals surface area (Å²) in [6.07, 6.45) is 1.77. The summed E-state index contributed by atoms with van der Waals surface area (Å²) in [5, 5.41) is 3.29. The van der Waals surface area contributed by atoms with Crippen molar-refractivity contribution in [1.29, 1.82) is 0 Å². The fraction of sp³-hybridized carbons (Fsp3) is 0.333. The second kappa shape index (κ2) is 6.98. The van der Waals surface area contributed by atoms with E-state index in [0.29, 0.717) is 35.0 Å². The molecule has 0 aromatic heterocycles. The van der Waals surface area contributed by atoms with E-state index in [1.54, 1.807) is 24.1 Å². The van der Waals surface area contributed by atoms with Gasteiger partial charge in [0.1, 0.15) is 0 Å². The molecule has 1 fully saturated rings. The molecule has 0 unspecified atom stereocenters. The van der Waals surface area contributed by atoms with Gasteiger partial charge in [0.2, 0.25) is 11.8 Å². The van der Waals surface area contributed by atoms with Crippen molar-refractivity contribution in [3.8, 4) is 0 Å². The number of methoxy groups -OCH3 is 1. The van der Waals surface area contributed by atoms with E-state index in [4.69, 9.17) is 16.3 Å². The molecule has 0 saturated carbocycles. The molecule has 5 nitrogen and oxygen atoms in total. The number of benzene rings is 2. The molecule has 0 radical (unpaired) electrons. The number of hydrogen-bond donors (Lipinski definition) is 1. The SMILES string of the molecule is COC[C@@H]1CCCN1C(=O)[C@]1(c2ccccc2)C(=O)Nc2c(Cl)cccc21. The van der Waals surface area contributed by atoms with E-state index in [0.717, 1.165) is 12.8 Å². The molecule has 1 N–H and O–H groups in total. The van der Waals surface area contributed by atoms with Gasteiger partial charge in [0.05, 0.1) is 23.4 Å². The van der Waals surface area contributed by atoms with Gasteiger partial charge >= 0.3 is 0 Å². The first-order valence-corrected chi connectivity index (χ1v) is 9.44. The van der Waals surface area contributed by atoms with Crippen LogP contribution in [0.4, 0.5) is 5.69 Å². The molecule has 2 atom stereocenters. The fourth-order valence-corrected chi connectivity index (χ4v) is 4.51. The Morgan fingerprint density at radius 2 is 2.04 bits per heavy atom. The largest absolute Gasteiger partial charge is 0.383 e. The predicted molar refractivity (Wildman–Crippen MR) is 104 cm³/mol. The Morgan fingerprint density at radius 3 is 2.78 bits per heavy atom. The minimum absolute atomic E-state index is 0.0286. The number of ether oxygens (including phenoxy) is 1. The third-order valence-corrected chi connectivity index (χ3v) is 5.84. The van der Waals surface area contributed by atoms with Crippen molar-refractivity contribution in [2.75, 3.05) is 25.6 Å². The van der Waals surface area contributed by atoms with Crippen LogP contribution < -0.4 is 5.32 Å². The first kappa shape index (κ1) is 18.0. The zero-order valence-corrected chi connectivity index (χ0v) is 15.8. The molecule has 2 aliphatic heterocycles. The number of nitrogens with one attached hydrogen (secondary N) is 1. The van der Waals surface area contributed by atoms with Crippen LogP contribution in [0.2, 0.25) is 5.02 Å². The van der Waals surface area contributed by atoms with Gasteiger partial charge in [-0.25, -0.2) is 0 Å². The molecule has 2 aromatic rings. The van der Waals surface area contributed by atoms with Crippen LogP contribution in [0, 0.1) is 0 Å². The zero-order chi connectivity index (χ0) is 19.0. The number of carbonyl (C=O) groups is 2. The third-order valence-electron chi connectivity index (χ3n) is 5.52. The van der Waals surface area contributed by atoms with E-state index in [1.807, 2.05) is 36.4 Å². The van der Waals surface area contributed by atoms with Crippen LogP contribution in [0.5, 0.6) is 0 Å². The van der Waals surface area contributed by atoms with Crippen molar-refractivity contribution in [3.63, 3.8) is 0 Å². The molecule has 0 bridgehead atoms. The third kappa shape index (κ3) is 2.65. The van der Waals surface area contributed by atoms with E-state index in [2.05, 4.69) is 5.32 Å². The van der Waals surface area contributed by atoms with Crippen molar-refractivity contribution in [1.82, 2.24) is 4.90 Å². The Labute approximate surface area is 163 Å². The number of amides is 2. The van der Waals surface area contributed by atoms with Gasteiger partial charge in [0, 0.05) is 19.2 Å². The molecular formula is C21H21ClN2O3. The Balaban J connectivity index is 1.91. The lowest BCUT2D eigenvalue weighted by Gasteiger charge is -2.34. The summed E-state index contributed by atoms with van der Waals surface area (Å²) >= 11 is 6.33. The quantitative estimate of drug-likeness (QED) is 0.823. The highest BCUT2D eigenvalue weighted by Gasteiger charge is 2.57. The Bertz CT molecular complexity index is 886. The highest BCUT2D eigenvalue weighted by Crippen LogP contribution is 2.47. The smallest absolute Gasteiger partial charge is 0.249 e. The molecule has 2 aromatic carbocycles. The van der Waals surface area contributed by atoms with Crippen LogP contribution in [0.15, 0.2) is 48.5 Å². The summed E-state index contributed by atoms with van der Waals surface area (Å²) < 4.78 is 5.31. The van der Waals surface area contributed by atoms with Crippen LogP contribution in [0.1, 0.15) is 24.0 Å². The minimum Gasteiger partial charge on any atom is -0.383 e. The zero-order valence-electron chi connectivity index (χ0n) is 15.1. The Morgan fingerprint density at radius 1 is 1.26 bits per heavy atom. The van der Waals surface area contributed by atoms with Gasteiger partial charge in [0.25, 0.3) is 0 Å². The van der Waals surface area contributed by atoms with Crippen molar-refractivity contribution in [2.45, 2.75) is 24.3 Å². The van der Waals surface area contributed by atoms with Crippen molar-refractivity contribution >= 4 is 29.1 Å². The van der Waals surface area contributed by atoms with E-state index < -0.39 is 5.41 Å². The Kier molecular flexibility index (Phi) is 4.66. The van der Waals surface area contributed by atoms with E-state index in [1.165, 1.54) is 0 Å². The number of carbonyl (C=O) groups excluding carboxylic acids is 2. The number of likely N-dealkylation sites (tertiary alicyclic amines) is 1. The summed E-state index contributed by atoms with van der Waals surface area (Å²) in [6, 6.07) is 14.5. The molecule has 2 aliphatic rings. The van der Waals surface area contributed by atoms with Gasteiger partial charge < -0.3 is 15.0 Å². The van der Waals surface area contributed by atoms with E-state index in [-0.39, 0.29) is 17.9 Å². The van der Waals surface area contributed by atoms with Gasteiger partial charge in [-0.2, -0.15) is 0 Å². The van der Waals surface area contributed by atoms with Crippen LogP contribution in [-0.4, -0.2) is 43.0 Å². The topological polar surface area (TPSA) is 58.6 Å². The standard InChI is InChI=1S/C21H21ClN2O3/c1-27-13-15-9-6-12-24(15)20(26)21(14-7-3-2-4-8-14)16-10-5-11-17(22)18(16)23-19(21)25/h2-5,7-8,10-11,15H,6,9,12-13H2,1H3,(H,23,25)/t15-,21-/m0/s1. The first-order valence-electron chi connectivity index (χ1n) is 9.06. The minimum atomic E-state index is -1.43. The Hall–Kier alpha value is -2.37. The number of hydrogen-bond acceptors (Lipinski definition) is 3. The lowest BCUT2D eigenvalue weighted by molar-refractivity contribution is -0.141. The number of fused-ring (bicyclic) bond motifs is 1. The van der Waals surface area contributed by atoms with Gasteiger partial charge in [-0.15, -0.1) is 0 Å². The summed E-state index contributed by atoms with van der Waals surface area (Å²) in [7, 11) is 1.63. The van der Waals surface area contributed by atoms with Gasteiger partial charge in [-0.05, 0) is 24.5 Å². The molecule has 0 spiro atoms. The van der Waals surface area contributed by atoms with Gasteiger partial charge in [-0.1, -0.05) is 54.1 Å². The molecule has 27 heavy (non-hydrogen) atoms. The van der Waals surface area contributed by atoms with Crippen LogP contribution in [-0.2, 0) is 19.7 Å². The first-order chi connectivity index (χ1) is 13.1. The average molecular weight is 385 g/mol. The number of halogens is 1. The predicted octanol–water partition coefficient (Wildman–Crippen LogP) is 3.22. The summed E-state index contributed by atoms with van der Waals surface area (Å²) in [5.41, 5.74) is 0.345. The fourth-order valence-electron chi connectivity index (χ4n) is 4.29. The summed E-state index contributed by atoms with van der Waals surface area (Å²) in [6.45, 7) is 1.07. The van der Waals surface area contributed by atoms with Gasteiger partial charge in [0.15, 0.2) is 5.41 Å². The maximum absolute atomic E-state index is 13.9. The second-order valence-electron chi connectivity index (χ2n) is 6.98. The number of anilines is 1. The second-order valence-corrected chi connectivity index (χ2v) is 7.39. The molecule has 2 heterocycles. The molecular weight excluding hydrogens is 364 g/mol. The number of para-hydroxylation sites is 1. The molecule has 2 amide bonds. The molecule has 0 aliphatic carbocycles. The number of rotatable bonds is 4.